The summed E-state index contributed by atoms with van der Waals surface area (Å²) >= 11 is 0. The van der Waals surface area contributed by atoms with E-state index in [0.717, 1.165) is 22.0 Å². The second-order valence-electron chi connectivity index (χ2n) is 11.0. The van der Waals surface area contributed by atoms with Crippen molar-refractivity contribution in [1.29, 1.82) is 0 Å². The number of carbonyl (C=O) groups is 2. The Bertz CT molecular complexity index is 1570. The average Bonchev–Trinajstić information content (AvgIpc) is 3.62. The van der Waals surface area contributed by atoms with Crippen molar-refractivity contribution in [3.63, 3.8) is 0 Å². The maximum absolute atomic E-state index is 14.4. The van der Waals surface area contributed by atoms with E-state index in [1.165, 1.54) is 12.1 Å². The smallest absolute Gasteiger partial charge is 0.306 e. The van der Waals surface area contributed by atoms with E-state index in [0.29, 0.717) is 42.7 Å². The summed E-state index contributed by atoms with van der Waals surface area (Å²) in [5.74, 6) is -1.19. The standard InChI is InChI=1S/C30H31F2N3O5/c1-34-15-24(23-8-5-19(31)13-26(23)34)29-33-25-9-2-17(10-27(25)40-29)11-28(36)35-14-20(32)12-21(35)16-39-22-6-3-18(4-7-22)30(37)38/h2,5,8-10,13,15,18,20-22H,3-4,6-7,11-12,14,16H2,1H3,(H,37,38)/t18?,20-,21-,22?/m0/s1. The number of carbonyl (C=O) groups excluding carboxylic acids is 1. The van der Waals surface area contributed by atoms with Crippen molar-refractivity contribution in [1.82, 2.24) is 14.5 Å². The predicted molar refractivity (Wildman–Crippen MR) is 144 cm³/mol. The minimum absolute atomic E-state index is 0.0367. The van der Waals surface area contributed by atoms with E-state index in [9.17, 15) is 23.5 Å². The van der Waals surface area contributed by atoms with Gasteiger partial charge in [0.05, 0.1) is 48.7 Å². The van der Waals surface area contributed by atoms with Gasteiger partial charge in [0.15, 0.2) is 5.58 Å². The van der Waals surface area contributed by atoms with E-state index < -0.39 is 12.1 Å². The number of fused-ring (bicyclic) bond motifs is 2. The molecule has 0 bridgehead atoms. The lowest BCUT2D eigenvalue weighted by atomic mass is 9.87. The fourth-order valence-corrected chi connectivity index (χ4v) is 6.04. The number of amides is 1. The van der Waals surface area contributed by atoms with Crippen molar-refractivity contribution in [3.8, 4) is 11.5 Å². The van der Waals surface area contributed by atoms with Crippen LogP contribution in [-0.2, 0) is 27.8 Å². The number of nitrogens with zero attached hydrogens (tertiary/aromatic N) is 3. The van der Waals surface area contributed by atoms with Crippen LogP contribution in [0, 0.1) is 11.7 Å². The maximum atomic E-state index is 14.4. The first kappa shape index (κ1) is 26.4. The molecule has 4 aromatic rings. The molecule has 8 nitrogen and oxygen atoms in total. The van der Waals surface area contributed by atoms with E-state index in [4.69, 9.17) is 9.15 Å². The summed E-state index contributed by atoms with van der Waals surface area (Å²) in [6.45, 7) is 0.281. The molecule has 40 heavy (non-hydrogen) atoms. The van der Waals surface area contributed by atoms with E-state index >= 15 is 0 Å². The van der Waals surface area contributed by atoms with Gasteiger partial charge in [-0.15, -0.1) is 0 Å². The third-order valence-corrected chi connectivity index (χ3v) is 8.22. The van der Waals surface area contributed by atoms with Gasteiger partial charge in [-0.25, -0.2) is 13.8 Å². The summed E-state index contributed by atoms with van der Waals surface area (Å²) in [5, 5.41) is 10.0. The zero-order valence-electron chi connectivity index (χ0n) is 22.2. The first-order valence-corrected chi connectivity index (χ1v) is 13.7. The van der Waals surface area contributed by atoms with Crippen molar-refractivity contribution < 1.29 is 32.6 Å². The van der Waals surface area contributed by atoms with Crippen LogP contribution in [-0.4, -0.2) is 62.9 Å². The zero-order chi connectivity index (χ0) is 28.0. The Hall–Kier alpha value is -3.79. The molecule has 10 heteroatoms. The Morgan fingerprint density at radius 1 is 1.15 bits per heavy atom. The van der Waals surface area contributed by atoms with Gasteiger partial charge in [-0.2, -0.15) is 0 Å². The van der Waals surface area contributed by atoms with Crippen LogP contribution in [0.5, 0.6) is 0 Å². The molecule has 6 rings (SSSR count). The molecule has 1 saturated heterocycles. The molecule has 2 atom stereocenters. The highest BCUT2D eigenvalue weighted by atomic mass is 19.1. The number of carboxylic acid groups (broad SMARTS) is 1. The highest BCUT2D eigenvalue weighted by Crippen LogP contribution is 2.33. The zero-order valence-corrected chi connectivity index (χ0v) is 22.2. The first-order chi connectivity index (χ1) is 19.2. The van der Waals surface area contributed by atoms with Gasteiger partial charge in [-0.3, -0.25) is 9.59 Å². The number of aryl methyl sites for hydroxylation is 1. The average molecular weight is 552 g/mol. The number of rotatable bonds is 7. The van der Waals surface area contributed by atoms with Crippen molar-refractivity contribution >= 4 is 33.9 Å². The number of carboxylic acids is 1. The normalized spacial score (nSPS) is 23.3. The summed E-state index contributed by atoms with van der Waals surface area (Å²) in [6, 6.07) is 9.62. The number of benzene rings is 2. The SMILES string of the molecule is Cn1cc(-c2nc3ccc(CC(=O)N4C[C@@H](F)C[C@H]4COC4CCC(C(=O)O)CC4)cc3o2)c2ccc(F)cc21. The number of alkyl halides is 1. The van der Waals surface area contributed by atoms with Crippen molar-refractivity contribution in [2.45, 2.75) is 56.8 Å². The van der Waals surface area contributed by atoms with Gasteiger partial charge in [0.25, 0.3) is 0 Å². The second kappa shape index (κ2) is 10.6. The summed E-state index contributed by atoms with van der Waals surface area (Å²) in [7, 11) is 1.83. The second-order valence-corrected chi connectivity index (χ2v) is 11.0. The van der Waals surface area contributed by atoms with Crippen molar-refractivity contribution in [2.75, 3.05) is 13.2 Å². The summed E-state index contributed by atoms with van der Waals surface area (Å²) < 4.78 is 42.0. The monoisotopic (exact) mass is 551 g/mol. The van der Waals surface area contributed by atoms with Gasteiger partial charge in [-0.1, -0.05) is 6.07 Å². The molecule has 1 amide bonds. The van der Waals surface area contributed by atoms with Crippen molar-refractivity contribution in [2.24, 2.45) is 13.0 Å². The molecule has 2 aromatic carbocycles. The summed E-state index contributed by atoms with van der Waals surface area (Å²) in [5.41, 5.74) is 3.37. The molecule has 2 aromatic heterocycles. The Kier molecular flexibility index (Phi) is 7.04. The highest BCUT2D eigenvalue weighted by Gasteiger charge is 2.36. The summed E-state index contributed by atoms with van der Waals surface area (Å²) in [6.07, 6.45) is 3.47. The molecular formula is C30H31F2N3O5. The lowest BCUT2D eigenvalue weighted by molar-refractivity contribution is -0.144. The van der Waals surface area contributed by atoms with E-state index in [-0.39, 0.29) is 55.8 Å². The van der Waals surface area contributed by atoms with Crippen LogP contribution in [0.4, 0.5) is 8.78 Å². The highest BCUT2D eigenvalue weighted by molar-refractivity contribution is 5.95. The van der Waals surface area contributed by atoms with Crippen LogP contribution < -0.4 is 0 Å². The lowest BCUT2D eigenvalue weighted by Crippen LogP contribution is -2.40. The Morgan fingerprint density at radius 3 is 2.73 bits per heavy atom. The van der Waals surface area contributed by atoms with Crippen LogP contribution >= 0.6 is 0 Å². The molecule has 210 valence electrons. The molecule has 0 radical (unpaired) electrons. The van der Waals surface area contributed by atoms with E-state index in [1.54, 1.807) is 23.1 Å². The largest absolute Gasteiger partial charge is 0.481 e. The molecule has 1 saturated carbocycles. The van der Waals surface area contributed by atoms with Gasteiger partial charge in [0.2, 0.25) is 11.8 Å². The summed E-state index contributed by atoms with van der Waals surface area (Å²) in [4.78, 5) is 30.6. The number of oxazole rings is 1. The van der Waals surface area contributed by atoms with Gasteiger partial charge >= 0.3 is 5.97 Å². The Labute approximate surface area is 229 Å². The van der Waals surface area contributed by atoms with Crippen molar-refractivity contribution in [3.05, 3.63) is 54.0 Å². The molecule has 1 aliphatic heterocycles. The lowest BCUT2D eigenvalue weighted by Gasteiger charge is -2.29. The Morgan fingerprint density at radius 2 is 1.95 bits per heavy atom. The number of hydrogen-bond acceptors (Lipinski definition) is 5. The molecule has 3 heterocycles. The number of aliphatic carboxylic acids is 1. The number of likely N-dealkylation sites (tertiary alicyclic amines) is 1. The van der Waals surface area contributed by atoms with Crippen LogP contribution in [0.1, 0.15) is 37.7 Å². The number of ether oxygens (including phenoxy) is 1. The van der Waals surface area contributed by atoms with Gasteiger partial charge in [-0.05, 0) is 61.6 Å². The third-order valence-electron chi connectivity index (χ3n) is 8.22. The van der Waals surface area contributed by atoms with Gasteiger partial charge < -0.3 is 23.7 Å². The third kappa shape index (κ3) is 5.20. The van der Waals surface area contributed by atoms with Gasteiger partial charge in [0.1, 0.15) is 17.5 Å². The molecule has 1 N–H and O–H groups in total. The van der Waals surface area contributed by atoms with Crippen LogP contribution in [0.15, 0.2) is 47.0 Å². The molecule has 1 aliphatic carbocycles. The minimum atomic E-state index is -1.10. The fraction of sp³-hybridized carbons (Fsp3) is 0.433. The quantitative estimate of drug-likeness (QED) is 0.336. The van der Waals surface area contributed by atoms with E-state index in [2.05, 4.69) is 4.98 Å². The van der Waals surface area contributed by atoms with Crippen LogP contribution in [0.25, 0.3) is 33.5 Å². The van der Waals surface area contributed by atoms with Crippen LogP contribution in [0.2, 0.25) is 0 Å². The first-order valence-electron chi connectivity index (χ1n) is 13.7. The molecule has 2 aliphatic rings. The number of halogens is 2. The predicted octanol–water partition coefficient (Wildman–Crippen LogP) is 5.27. The van der Waals surface area contributed by atoms with E-state index in [1.807, 2.05) is 23.9 Å². The fourth-order valence-electron chi connectivity index (χ4n) is 6.04. The molecule has 0 unspecified atom stereocenters. The number of hydrogen-bond donors (Lipinski definition) is 1. The van der Waals surface area contributed by atoms with Crippen LogP contribution in [0.3, 0.4) is 0 Å². The minimum Gasteiger partial charge on any atom is -0.481 e. The topological polar surface area (TPSA) is 97.8 Å². The van der Waals surface area contributed by atoms with Gasteiger partial charge in [0, 0.05) is 25.1 Å². The Balaban J connectivity index is 1.13. The molecule has 0 spiro atoms. The molecule has 2 fully saturated rings. The molecular weight excluding hydrogens is 520 g/mol. The maximum Gasteiger partial charge on any atom is 0.306 e. The number of aromatic nitrogens is 2.